The van der Waals surface area contributed by atoms with Crippen LogP contribution in [0.5, 0.6) is 0 Å². The summed E-state index contributed by atoms with van der Waals surface area (Å²) < 4.78 is 4.71. The van der Waals surface area contributed by atoms with Gasteiger partial charge in [-0.25, -0.2) is 9.97 Å². The Hall–Kier alpha value is -2.16. The summed E-state index contributed by atoms with van der Waals surface area (Å²) in [5, 5.41) is 8.93. The molecule has 0 saturated carbocycles. The summed E-state index contributed by atoms with van der Waals surface area (Å²) in [5.74, 6) is 0.185. The summed E-state index contributed by atoms with van der Waals surface area (Å²) in [4.78, 5) is 21.4. The Kier molecular flexibility index (Phi) is 3.19. The van der Waals surface area contributed by atoms with Gasteiger partial charge < -0.3 is 9.64 Å². The van der Waals surface area contributed by atoms with Gasteiger partial charge in [-0.05, 0) is 6.42 Å². The average Bonchev–Trinajstić information content (AvgIpc) is 2.87. The van der Waals surface area contributed by atoms with Crippen molar-refractivity contribution in [3.63, 3.8) is 0 Å². The van der Waals surface area contributed by atoms with Crippen LogP contribution in [-0.4, -0.2) is 36.1 Å². The van der Waals surface area contributed by atoms with E-state index in [0.29, 0.717) is 25.3 Å². The van der Waals surface area contributed by atoms with Crippen molar-refractivity contribution in [2.24, 2.45) is 5.92 Å². The Bertz CT molecular complexity index is 469. The van der Waals surface area contributed by atoms with E-state index in [1.54, 1.807) is 6.20 Å². The molecule has 0 aliphatic carbocycles. The molecule has 1 fully saturated rings. The molecule has 1 aromatic heterocycles. The van der Waals surface area contributed by atoms with Crippen LogP contribution in [-0.2, 0) is 9.53 Å². The van der Waals surface area contributed by atoms with Gasteiger partial charge in [-0.3, -0.25) is 4.79 Å². The monoisotopic (exact) mass is 232 g/mol. The Morgan fingerprint density at radius 2 is 2.35 bits per heavy atom. The number of esters is 1. The zero-order valence-corrected chi connectivity index (χ0v) is 9.46. The molecular formula is C11H12N4O2. The van der Waals surface area contributed by atoms with Gasteiger partial charge in [0.15, 0.2) is 11.5 Å². The van der Waals surface area contributed by atoms with Gasteiger partial charge in [0.05, 0.1) is 13.0 Å². The fourth-order valence-corrected chi connectivity index (χ4v) is 1.95. The molecule has 17 heavy (non-hydrogen) atoms. The largest absolute Gasteiger partial charge is 0.469 e. The van der Waals surface area contributed by atoms with E-state index in [0.717, 1.165) is 0 Å². The zero-order chi connectivity index (χ0) is 12.3. The maximum Gasteiger partial charge on any atom is 0.310 e. The second-order valence-electron chi connectivity index (χ2n) is 3.80. The normalized spacial score (nSPS) is 18.8. The summed E-state index contributed by atoms with van der Waals surface area (Å²) >= 11 is 0. The number of carbonyl (C=O) groups is 1. The summed E-state index contributed by atoms with van der Waals surface area (Å²) in [6.45, 7) is 1.22. The number of aromatic nitrogens is 2. The Morgan fingerprint density at radius 3 is 3.06 bits per heavy atom. The van der Waals surface area contributed by atoms with Gasteiger partial charge in [0.1, 0.15) is 6.07 Å². The Balaban J connectivity index is 2.16. The molecule has 1 aliphatic rings. The van der Waals surface area contributed by atoms with Crippen LogP contribution in [0.25, 0.3) is 0 Å². The van der Waals surface area contributed by atoms with Crippen molar-refractivity contribution in [1.29, 1.82) is 5.26 Å². The third kappa shape index (κ3) is 2.18. The summed E-state index contributed by atoms with van der Waals surface area (Å²) in [6.07, 6.45) is 3.74. The first-order valence-electron chi connectivity index (χ1n) is 5.30. The summed E-state index contributed by atoms with van der Waals surface area (Å²) in [7, 11) is 1.38. The fourth-order valence-electron chi connectivity index (χ4n) is 1.95. The van der Waals surface area contributed by atoms with Gasteiger partial charge in [0.25, 0.3) is 0 Å². The molecule has 1 unspecified atom stereocenters. The minimum atomic E-state index is -0.213. The van der Waals surface area contributed by atoms with Gasteiger partial charge >= 0.3 is 5.97 Å². The first-order chi connectivity index (χ1) is 8.26. The van der Waals surface area contributed by atoms with E-state index < -0.39 is 0 Å². The van der Waals surface area contributed by atoms with Gasteiger partial charge in [0, 0.05) is 25.5 Å². The highest BCUT2D eigenvalue weighted by Gasteiger charge is 2.30. The van der Waals surface area contributed by atoms with E-state index in [1.165, 1.54) is 13.3 Å². The van der Waals surface area contributed by atoms with E-state index >= 15 is 0 Å². The molecule has 2 rings (SSSR count). The molecule has 2 heterocycles. The van der Waals surface area contributed by atoms with Gasteiger partial charge in [-0.2, -0.15) is 5.26 Å². The predicted octanol–water partition coefficient (Wildman–Crippen LogP) is 0.348. The van der Waals surface area contributed by atoms with Crippen LogP contribution in [0.15, 0.2) is 12.4 Å². The molecule has 0 bridgehead atoms. The SMILES string of the molecule is COC(=O)C1CCN(c2nccnc2C#N)C1. The van der Waals surface area contributed by atoms with E-state index in [2.05, 4.69) is 9.97 Å². The average molecular weight is 232 g/mol. The molecule has 0 radical (unpaired) electrons. The minimum absolute atomic E-state index is 0.145. The lowest BCUT2D eigenvalue weighted by Crippen LogP contribution is -2.25. The number of hydrogen-bond acceptors (Lipinski definition) is 6. The highest BCUT2D eigenvalue weighted by Crippen LogP contribution is 2.24. The first kappa shape index (κ1) is 11.3. The number of nitrogens with zero attached hydrogens (tertiary/aromatic N) is 4. The van der Waals surface area contributed by atoms with Crippen molar-refractivity contribution in [2.75, 3.05) is 25.1 Å². The number of anilines is 1. The molecule has 1 aliphatic heterocycles. The fraction of sp³-hybridized carbons (Fsp3) is 0.455. The van der Waals surface area contributed by atoms with Gasteiger partial charge in [-0.1, -0.05) is 0 Å². The molecule has 0 amide bonds. The number of carbonyl (C=O) groups excluding carboxylic acids is 1. The van der Waals surface area contributed by atoms with Crippen molar-refractivity contribution >= 4 is 11.8 Å². The van der Waals surface area contributed by atoms with Crippen LogP contribution in [0.1, 0.15) is 12.1 Å². The lowest BCUT2D eigenvalue weighted by Gasteiger charge is -2.17. The Labute approximate surface area is 98.8 Å². The van der Waals surface area contributed by atoms with Crippen molar-refractivity contribution in [3.05, 3.63) is 18.1 Å². The van der Waals surface area contributed by atoms with Crippen LogP contribution in [0, 0.1) is 17.2 Å². The first-order valence-corrected chi connectivity index (χ1v) is 5.30. The third-order valence-corrected chi connectivity index (χ3v) is 2.81. The van der Waals surface area contributed by atoms with Crippen molar-refractivity contribution in [3.8, 4) is 6.07 Å². The molecule has 1 saturated heterocycles. The highest BCUT2D eigenvalue weighted by atomic mass is 16.5. The summed E-state index contributed by atoms with van der Waals surface area (Å²) in [5.41, 5.74) is 0.290. The second-order valence-corrected chi connectivity index (χ2v) is 3.80. The molecule has 0 aromatic carbocycles. The second kappa shape index (κ2) is 4.78. The van der Waals surface area contributed by atoms with E-state index in [4.69, 9.17) is 10.00 Å². The van der Waals surface area contributed by atoms with Crippen molar-refractivity contribution < 1.29 is 9.53 Å². The van der Waals surface area contributed by atoms with E-state index in [1.807, 2.05) is 11.0 Å². The Morgan fingerprint density at radius 1 is 1.59 bits per heavy atom. The van der Waals surface area contributed by atoms with Gasteiger partial charge in [-0.15, -0.1) is 0 Å². The zero-order valence-electron chi connectivity index (χ0n) is 9.46. The minimum Gasteiger partial charge on any atom is -0.469 e. The van der Waals surface area contributed by atoms with Crippen LogP contribution in [0.4, 0.5) is 5.82 Å². The highest BCUT2D eigenvalue weighted by molar-refractivity contribution is 5.74. The molecule has 6 nitrogen and oxygen atoms in total. The molecule has 1 atom stereocenters. The van der Waals surface area contributed by atoms with Crippen LogP contribution in [0.2, 0.25) is 0 Å². The molecular weight excluding hydrogens is 220 g/mol. The number of methoxy groups -OCH3 is 1. The lowest BCUT2D eigenvalue weighted by atomic mass is 10.1. The van der Waals surface area contributed by atoms with Crippen LogP contribution in [0.3, 0.4) is 0 Å². The number of nitriles is 1. The number of rotatable bonds is 2. The molecule has 0 spiro atoms. The van der Waals surface area contributed by atoms with Crippen LogP contribution < -0.4 is 4.90 Å². The number of hydrogen-bond donors (Lipinski definition) is 0. The topological polar surface area (TPSA) is 79.1 Å². The van der Waals surface area contributed by atoms with Crippen molar-refractivity contribution in [1.82, 2.24) is 9.97 Å². The standard InChI is InChI=1S/C11H12N4O2/c1-17-11(16)8-2-5-15(7-8)10-9(6-12)13-3-4-14-10/h3-4,8H,2,5,7H2,1H3. The maximum absolute atomic E-state index is 11.4. The predicted molar refractivity (Wildman–Crippen MR) is 59.1 cm³/mol. The molecule has 6 heteroatoms. The lowest BCUT2D eigenvalue weighted by molar-refractivity contribution is -0.144. The molecule has 0 N–H and O–H groups in total. The smallest absolute Gasteiger partial charge is 0.310 e. The van der Waals surface area contributed by atoms with Crippen LogP contribution >= 0.6 is 0 Å². The van der Waals surface area contributed by atoms with Gasteiger partial charge in [0.2, 0.25) is 0 Å². The maximum atomic E-state index is 11.4. The van der Waals surface area contributed by atoms with E-state index in [-0.39, 0.29) is 17.6 Å². The van der Waals surface area contributed by atoms with E-state index in [9.17, 15) is 4.79 Å². The molecule has 88 valence electrons. The quantitative estimate of drug-likeness (QED) is 0.684. The third-order valence-electron chi connectivity index (χ3n) is 2.81. The summed E-state index contributed by atoms with van der Waals surface area (Å²) in [6, 6.07) is 2.00. The van der Waals surface area contributed by atoms with Crippen molar-refractivity contribution in [2.45, 2.75) is 6.42 Å². The molecule has 1 aromatic rings. The number of ether oxygens (including phenoxy) is 1.